The zero-order valence-corrected chi connectivity index (χ0v) is 13.5. The summed E-state index contributed by atoms with van der Waals surface area (Å²) in [6, 6.07) is 3.05. The number of amides is 1. The number of aromatic hydroxyl groups is 1. The predicted molar refractivity (Wildman–Crippen MR) is 84.0 cm³/mol. The number of alkyl carbamates (subject to hydrolysis) is 1. The molecule has 0 atom stereocenters. The van der Waals surface area contributed by atoms with Gasteiger partial charge in [0.15, 0.2) is 5.78 Å². The molecule has 22 heavy (non-hydrogen) atoms. The van der Waals surface area contributed by atoms with Gasteiger partial charge in [-0.1, -0.05) is 11.8 Å². The number of rotatable bonds is 2. The van der Waals surface area contributed by atoms with Crippen molar-refractivity contribution in [3.05, 3.63) is 28.8 Å². The van der Waals surface area contributed by atoms with Crippen molar-refractivity contribution in [2.45, 2.75) is 40.2 Å². The van der Waals surface area contributed by atoms with E-state index in [0.717, 1.165) is 5.56 Å². The van der Waals surface area contributed by atoms with Crippen molar-refractivity contribution in [2.24, 2.45) is 0 Å². The third-order valence-corrected chi connectivity index (χ3v) is 2.67. The zero-order chi connectivity index (χ0) is 16.9. The van der Waals surface area contributed by atoms with Gasteiger partial charge in [-0.15, -0.1) is 0 Å². The topological polar surface area (TPSA) is 75.6 Å². The van der Waals surface area contributed by atoms with Crippen LogP contribution >= 0.6 is 0 Å². The van der Waals surface area contributed by atoms with Gasteiger partial charge in [-0.2, -0.15) is 0 Å². The molecule has 0 aromatic heterocycles. The van der Waals surface area contributed by atoms with Crippen LogP contribution in [0.2, 0.25) is 0 Å². The molecule has 0 unspecified atom stereocenters. The van der Waals surface area contributed by atoms with Crippen molar-refractivity contribution in [2.75, 3.05) is 6.54 Å². The summed E-state index contributed by atoms with van der Waals surface area (Å²) in [4.78, 5) is 22.8. The van der Waals surface area contributed by atoms with Gasteiger partial charge in [-0.05, 0) is 52.3 Å². The maximum absolute atomic E-state index is 11.4. The Hall–Kier alpha value is -2.48. The van der Waals surface area contributed by atoms with Crippen LogP contribution in [0.3, 0.4) is 0 Å². The third kappa shape index (κ3) is 5.49. The van der Waals surface area contributed by atoms with E-state index in [1.54, 1.807) is 33.8 Å². The molecule has 0 aliphatic rings. The lowest BCUT2D eigenvalue weighted by Crippen LogP contribution is -2.32. The molecule has 5 heteroatoms. The molecule has 0 heterocycles. The van der Waals surface area contributed by atoms with E-state index in [2.05, 4.69) is 17.2 Å². The molecule has 0 fully saturated rings. The number of ether oxygens (including phenoxy) is 1. The molecule has 0 saturated heterocycles. The summed E-state index contributed by atoms with van der Waals surface area (Å²) < 4.78 is 5.08. The monoisotopic (exact) mass is 303 g/mol. The van der Waals surface area contributed by atoms with Crippen LogP contribution < -0.4 is 5.32 Å². The highest BCUT2D eigenvalue weighted by Crippen LogP contribution is 2.22. The van der Waals surface area contributed by atoms with Crippen LogP contribution in [0.25, 0.3) is 0 Å². The minimum atomic E-state index is -0.553. The number of phenols is 1. The molecule has 0 radical (unpaired) electrons. The molecular formula is C17H21NO4. The quantitative estimate of drug-likeness (QED) is 0.650. The molecule has 2 N–H and O–H groups in total. The Morgan fingerprint density at radius 3 is 2.50 bits per heavy atom. The Morgan fingerprint density at radius 2 is 1.95 bits per heavy atom. The molecule has 118 valence electrons. The Bertz CT molecular complexity index is 645. The number of nitrogens with one attached hydrogen (secondary N) is 1. The second kappa shape index (κ2) is 6.99. The fraction of sp³-hybridized carbons (Fsp3) is 0.412. The number of ketones is 1. The lowest BCUT2D eigenvalue weighted by atomic mass is 10.0. The predicted octanol–water partition coefficient (Wildman–Crippen LogP) is 2.78. The van der Waals surface area contributed by atoms with E-state index in [9.17, 15) is 14.7 Å². The molecule has 1 aromatic rings. The Morgan fingerprint density at radius 1 is 1.32 bits per heavy atom. The summed E-state index contributed by atoms with van der Waals surface area (Å²) in [7, 11) is 0. The summed E-state index contributed by atoms with van der Waals surface area (Å²) in [5.41, 5.74) is 1.11. The number of carbonyl (C=O) groups excluding carboxylic acids is 2. The normalized spacial score (nSPS) is 10.4. The van der Waals surface area contributed by atoms with Crippen molar-refractivity contribution in [1.29, 1.82) is 0 Å². The molecule has 1 amide bonds. The standard InChI is InChI=1S/C17H21NO4/c1-11-9-14(12(2)19)15(20)10-13(11)7-6-8-18-16(21)22-17(3,4)5/h9-10,20H,8H2,1-5H3,(H,18,21). The van der Waals surface area contributed by atoms with Gasteiger partial charge in [0.25, 0.3) is 0 Å². The Labute approximate surface area is 130 Å². The lowest BCUT2D eigenvalue weighted by Gasteiger charge is -2.19. The third-order valence-electron chi connectivity index (χ3n) is 2.67. The second-order valence-corrected chi connectivity index (χ2v) is 5.90. The number of carbonyl (C=O) groups is 2. The average molecular weight is 303 g/mol. The molecule has 0 spiro atoms. The van der Waals surface area contributed by atoms with E-state index < -0.39 is 11.7 Å². The number of hydrogen-bond acceptors (Lipinski definition) is 4. The van der Waals surface area contributed by atoms with E-state index in [0.29, 0.717) is 5.56 Å². The largest absolute Gasteiger partial charge is 0.507 e. The molecular weight excluding hydrogens is 282 g/mol. The molecule has 1 rings (SSSR count). The molecule has 0 aliphatic heterocycles. The van der Waals surface area contributed by atoms with E-state index >= 15 is 0 Å². The SMILES string of the molecule is CC(=O)c1cc(C)c(C#CCNC(=O)OC(C)(C)C)cc1O. The van der Waals surface area contributed by atoms with Crippen molar-refractivity contribution in [1.82, 2.24) is 5.32 Å². The summed E-state index contributed by atoms with van der Waals surface area (Å²) in [6.07, 6.45) is -0.534. The van der Waals surface area contributed by atoms with Crippen molar-refractivity contribution in [3.63, 3.8) is 0 Å². The maximum Gasteiger partial charge on any atom is 0.408 e. The summed E-state index contributed by atoms with van der Waals surface area (Å²) in [6.45, 7) is 8.66. The first-order valence-corrected chi connectivity index (χ1v) is 6.90. The molecule has 0 bridgehead atoms. The van der Waals surface area contributed by atoms with E-state index in [-0.39, 0.29) is 23.6 Å². The van der Waals surface area contributed by atoms with Crippen LogP contribution in [0, 0.1) is 18.8 Å². The van der Waals surface area contributed by atoms with E-state index in [1.807, 2.05) is 0 Å². The van der Waals surface area contributed by atoms with Gasteiger partial charge in [-0.3, -0.25) is 4.79 Å². The van der Waals surface area contributed by atoms with Crippen molar-refractivity contribution >= 4 is 11.9 Å². The fourth-order valence-corrected chi connectivity index (χ4v) is 1.68. The van der Waals surface area contributed by atoms with Crippen LogP contribution in [0.4, 0.5) is 4.79 Å². The molecule has 5 nitrogen and oxygen atoms in total. The van der Waals surface area contributed by atoms with Gasteiger partial charge in [0.2, 0.25) is 0 Å². The number of hydrogen-bond donors (Lipinski definition) is 2. The van der Waals surface area contributed by atoms with Gasteiger partial charge < -0.3 is 15.2 Å². The van der Waals surface area contributed by atoms with Crippen LogP contribution in [0.1, 0.15) is 49.2 Å². The fourth-order valence-electron chi connectivity index (χ4n) is 1.68. The smallest absolute Gasteiger partial charge is 0.408 e. The van der Waals surface area contributed by atoms with Crippen LogP contribution in [-0.4, -0.2) is 29.1 Å². The highest BCUT2D eigenvalue weighted by atomic mass is 16.6. The lowest BCUT2D eigenvalue weighted by molar-refractivity contribution is 0.0535. The summed E-state index contributed by atoms with van der Waals surface area (Å²) in [5.74, 6) is 5.33. The van der Waals surface area contributed by atoms with Crippen LogP contribution in [0.5, 0.6) is 5.75 Å². The molecule has 1 aromatic carbocycles. The van der Waals surface area contributed by atoms with Gasteiger partial charge in [0.05, 0.1) is 12.1 Å². The zero-order valence-electron chi connectivity index (χ0n) is 13.5. The highest BCUT2D eigenvalue weighted by Gasteiger charge is 2.15. The van der Waals surface area contributed by atoms with E-state index in [4.69, 9.17) is 4.74 Å². The first kappa shape index (κ1) is 17.6. The first-order chi connectivity index (χ1) is 10.1. The minimum Gasteiger partial charge on any atom is -0.507 e. The van der Waals surface area contributed by atoms with Crippen molar-refractivity contribution < 1.29 is 19.4 Å². The second-order valence-electron chi connectivity index (χ2n) is 5.90. The van der Waals surface area contributed by atoms with Gasteiger partial charge in [-0.25, -0.2) is 4.79 Å². The average Bonchev–Trinajstić information content (AvgIpc) is 2.35. The minimum absolute atomic E-state index is 0.0949. The number of Topliss-reactive ketones (excluding diaryl/α,β-unsaturated/α-hetero) is 1. The Balaban J connectivity index is 2.72. The maximum atomic E-state index is 11.4. The highest BCUT2D eigenvalue weighted by molar-refractivity contribution is 5.97. The van der Waals surface area contributed by atoms with Gasteiger partial charge >= 0.3 is 6.09 Å². The summed E-state index contributed by atoms with van der Waals surface area (Å²) in [5, 5.41) is 12.3. The number of phenolic OH excluding ortho intramolecular Hbond substituents is 1. The van der Waals surface area contributed by atoms with Gasteiger partial charge in [0, 0.05) is 5.56 Å². The van der Waals surface area contributed by atoms with Gasteiger partial charge in [0.1, 0.15) is 11.4 Å². The number of benzene rings is 1. The van der Waals surface area contributed by atoms with Crippen molar-refractivity contribution in [3.8, 4) is 17.6 Å². The first-order valence-electron chi connectivity index (χ1n) is 6.90. The van der Waals surface area contributed by atoms with E-state index in [1.165, 1.54) is 13.0 Å². The molecule has 0 saturated carbocycles. The van der Waals surface area contributed by atoms with Crippen LogP contribution in [-0.2, 0) is 4.74 Å². The number of aryl methyl sites for hydroxylation is 1. The molecule has 0 aliphatic carbocycles. The Kier molecular flexibility index (Phi) is 5.58. The van der Waals surface area contributed by atoms with Crippen LogP contribution in [0.15, 0.2) is 12.1 Å². The summed E-state index contributed by atoms with van der Waals surface area (Å²) >= 11 is 0.